The molecule has 7 nitrogen and oxygen atoms in total. The minimum atomic E-state index is -0.268. The van der Waals surface area contributed by atoms with Crippen molar-refractivity contribution in [3.63, 3.8) is 0 Å². The lowest BCUT2D eigenvalue weighted by Gasteiger charge is -2.08. The third kappa shape index (κ3) is 4.94. The Morgan fingerprint density at radius 2 is 1.90 bits per heavy atom. The van der Waals surface area contributed by atoms with Crippen molar-refractivity contribution in [3.05, 3.63) is 65.9 Å². The van der Waals surface area contributed by atoms with Crippen LogP contribution < -0.4 is 10.6 Å². The summed E-state index contributed by atoms with van der Waals surface area (Å²) < 4.78 is 1.42. The van der Waals surface area contributed by atoms with E-state index in [9.17, 15) is 14.7 Å². The first-order valence-electron chi connectivity index (χ1n) is 10.6. The van der Waals surface area contributed by atoms with Gasteiger partial charge in [-0.3, -0.25) is 4.79 Å². The van der Waals surface area contributed by atoms with Gasteiger partial charge in [0.1, 0.15) is 5.75 Å². The SMILES string of the molecule is CCC(=O)Nc1ccc(-c2cc(C3CC3)n(C(=O)NCCc3ccccc3)n2)c(O)c1. The zero-order valence-electron chi connectivity index (χ0n) is 17.5. The summed E-state index contributed by atoms with van der Waals surface area (Å²) in [5.41, 5.74) is 3.59. The lowest BCUT2D eigenvalue weighted by atomic mass is 10.1. The van der Waals surface area contributed by atoms with Gasteiger partial charge >= 0.3 is 6.03 Å². The Bertz CT molecular complexity index is 1090. The van der Waals surface area contributed by atoms with E-state index in [2.05, 4.69) is 15.7 Å². The molecule has 0 atom stereocenters. The fraction of sp³-hybridized carbons (Fsp3) is 0.292. The monoisotopic (exact) mass is 418 g/mol. The van der Waals surface area contributed by atoms with Crippen LogP contribution in [0.15, 0.2) is 54.6 Å². The lowest BCUT2D eigenvalue weighted by Crippen LogP contribution is -2.32. The molecule has 0 aliphatic heterocycles. The topological polar surface area (TPSA) is 96.3 Å². The fourth-order valence-corrected chi connectivity index (χ4v) is 3.47. The van der Waals surface area contributed by atoms with Gasteiger partial charge in [0.25, 0.3) is 0 Å². The van der Waals surface area contributed by atoms with Crippen molar-refractivity contribution in [2.75, 3.05) is 11.9 Å². The maximum absolute atomic E-state index is 12.8. The van der Waals surface area contributed by atoms with Crippen molar-refractivity contribution in [1.82, 2.24) is 15.1 Å². The molecule has 0 saturated heterocycles. The fourth-order valence-electron chi connectivity index (χ4n) is 3.47. The third-order valence-electron chi connectivity index (χ3n) is 5.34. The van der Waals surface area contributed by atoms with Crippen LogP contribution >= 0.6 is 0 Å². The number of carbonyl (C=O) groups excluding carboxylic acids is 2. The first-order valence-corrected chi connectivity index (χ1v) is 10.6. The minimum absolute atomic E-state index is 0.00499. The molecule has 1 saturated carbocycles. The maximum Gasteiger partial charge on any atom is 0.342 e. The Morgan fingerprint density at radius 1 is 1.13 bits per heavy atom. The van der Waals surface area contributed by atoms with Crippen molar-refractivity contribution in [1.29, 1.82) is 0 Å². The smallest absolute Gasteiger partial charge is 0.342 e. The van der Waals surface area contributed by atoms with Crippen LogP contribution in [0, 0.1) is 0 Å². The highest BCUT2D eigenvalue weighted by Gasteiger charge is 2.30. The van der Waals surface area contributed by atoms with Crippen LogP contribution in [-0.4, -0.2) is 33.4 Å². The number of hydrogen-bond donors (Lipinski definition) is 3. The number of hydrogen-bond acceptors (Lipinski definition) is 4. The maximum atomic E-state index is 12.8. The van der Waals surface area contributed by atoms with Crippen LogP contribution in [0.3, 0.4) is 0 Å². The molecular formula is C24H26N4O3. The number of aromatic nitrogens is 2. The molecule has 0 spiro atoms. The van der Waals surface area contributed by atoms with Crippen LogP contribution in [0.1, 0.15) is 43.4 Å². The number of nitrogens with zero attached hydrogens (tertiary/aromatic N) is 2. The largest absolute Gasteiger partial charge is 0.507 e. The molecule has 0 radical (unpaired) electrons. The summed E-state index contributed by atoms with van der Waals surface area (Å²) in [6.45, 7) is 2.28. The van der Waals surface area contributed by atoms with Crippen molar-refractivity contribution in [2.45, 2.75) is 38.5 Å². The number of carbonyl (C=O) groups is 2. The van der Waals surface area contributed by atoms with E-state index >= 15 is 0 Å². The predicted octanol–water partition coefficient (Wildman–Crippen LogP) is 4.28. The first kappa shape index (κ1) is 20.7. The van der Waals surface area contributed by atoms with Crippen molar-refractivity contribution in [3.8, 4) is 17.0 Å². The summed E-state index contributed by atoms with van der Waals surface area (Å²) >= 11 is 0. The molecule has 1 fully saturated rings. The van der Waals surface area contributed by atoms with Crippen LogP contribution in [0.5, 0.6) is 5.75 Å². The van der Waals surface area contributed by atoms with Gasteiger partial charge in [0.05, 0.1) is 11.4 Å². The zero-order chi connectivity index (χ0) is 21.8. The summed E-state index contributed by atoms with van der Waals surface area (Å²) in [7, 11) is 0. The standard InChI is InChI=1S/C24H26N4O3/c1-2-23(30)26-18-10-11-19(22(29)14-18)20-15-21(17-8-9-17)28(27-20)24(31)25-13-12-16-6-4-3-5-7-16/h3-7,10-11,14-15,17,29H,2,8-9,12-13H2,1H3,(H,25,31)(H,26,30). The molecule has 1 aromatic heterocycles. The van der Waals surface area contributed by atoms with Gasteiger partial charge in [0.2, 0.25) is 5.91 Å². The molecule has 7 heteroatoms. The summed E-state index contributed by atoms with van der Waals surface area (Å²) in [5.74, 6) is 0.191. The van der Waals surface area contributed by atoms with E-state index in [4.69, 9.17) is 0 Å². The lowest BCUT2D eigenvalue weighted by molar-refractivity contribution is -0.115. The van der Waals surface area contributed by atoms with Gasteiger partial charge in [-0.05, 0) is 43.0 Å². The Kier molecular flexibility index (Phi) is 6.02. The third-order valence-corrected chi connectivity index (χ3v) is 5.34. The molecule has 3 aromatic rings. The van der Waals surface area contributed by atoms with Crippen LogP contribution in [0.2, 0.25) is 0 Å². The first-order chi connectivity index (χ1) is 15.0. The summed E-state index contributed by atoms with van der Waals surface area (Å²) in [5, 5.41) is 20.6. The number of nitrogens with one attached hydrogen (secondary N) is 2. The molecule has 4 rings (SSSR count). The van der Waals surface area contributed by atoms with E-state index < -0.39 is 0 Å². The second-order valence-electron chi connectivity index (χ2n) is 7.74. The molecule has 2 aromatic carbocycles. The van der Waals surface area contributed by atoms with Crippen molar-refractivity contribution in [2.24, 2.45) is 0 Å². The number of phenolic OH excluding ortho intramolecular Hbond substituents is 1. The van der Waals surface area contributed by atoms with Gasteiger partial charge in [0.15, 0.2) is 0 Å². The highest BCUT2D eigenvalue weighted by Crippen LogP contribution is 2.42. The zero-order valence-corrected chi connectivity index (χ0v) is 17.5. The minimum Gasteiger partial charge on any atom is -0.507 e. The number of aromatic hydroxyl groups is 1. The van der Waals surface area contributed by atoms with Crippen molar-refractivity contribution < 1.29 is 14.7 Å². The van der Waals surface area contributed by atoms with Crippen LogP contribution in [-0.2, 0) is 11.2 Å². The van der Waals surface area contributed by atoms with E-state index in [1.807, 2.05) is 36.4 Å². The van der Waals surface area contributed by atoms with E-state index in [0.29, 0.717) is 35.8 Å². The number of amides is 2. The number of phenols is 1. The Hall–Kier alpha value is -3.61. The second-order valence-corrected chi connectivity index (χ2v) is 7.74. The normalized spacial score (nSPS) is 13.1. The summed E-state index contributed by atoms with van der Waals surface area (Å²) in [4.78, 5) is 24.4. The van der Waals surface area contributed by atoms with E-state index in [0.717, 1.165) is 30.5 Å². The summed E-state index contributed by atoms with van der Waals surface area (Å²) in [6.07, 6.45) is 3.15. The molecule has 160 valence electrons. The van der Waals surface area contributed by atoms with E-state index in [1.54, 1.807) is 19.1 Å². The average molecular weight is 418 g/mol. The second kappa shape index (κ2) is 9.04. The van der Waals surface area contributed by atoms with E-state index in [1.165, 1.54) is 10.7 Å². The van der Waals surface area contributed by atoms with E-state index in [-0.39, 0.29) is 17.7 Å². The Morgan fingerprint density at radius 3 is 2.58 bits per heavy atom. The van der Waals surface area contributed by atoms with Gasteiger partial charge in [-0.1, -0.05) is 37.3 Å². The van der Waals surface area contributed by atoms with Crippen LogP contribution in [0.25, 0.3) is 11.3 Å². The van der Waals surface area contributed by atoms with Gasteiger partial charge in [-0.25, -0.2) is 4.79 Å². The van der Waals surface area contributed by atoms with Gasteiger partial charge in [0, 0.05) is 36.2 Å². The molecule has 3 N–H and O–H groups in total. The molecule has 31 heavy (non-hydrogen) atoms. The predicted molar refractivity (Wildman–Crippen MR) is 119 cm³/mol. The highest BCUT2D eigenvalue weighted by atomic mass is 16.3. The van der Waals surface area contributed by atoms with Gasteiger partial charge < -0.3 is 15.7 Å². The summed E-state index contributed by atoms with van der Waals surface area (Å²) in [6, 6.07) is 16.5. The molecule has 1 aliphatic carbocycles. The number of benzene rings is 2. The van der Waals surface area contributed by atoms with Gasteiger partial charge in [-0.2, -0.15) is 9.78 Å². The van der Waals surface area contributed by atoms with Crippen LogP contribution in [0.4, 0.5) is 10.5 Å². The highest BCUT2D eigenvalue weighted by molar-refractivity contribution is 5.91. The molecule has 0 unspecified atom stereocenters. The molecular weight excluding hydrogens is 392 g/mol. The van der Waals surface area contributed by atoms with Crippen molar-refractivity contribution >= 4 is 17.6 Å². The Balaban J connectivity index is 1.51. The number of anilines is 1. The number of rotatable bonds is 7. The average Bonchev–Trinajstić information content (AvgIpc) is 3.53. The molecule has 1 heterocycles. The van der Waals surface area contributed by atoms with Gasteiger partial charge in [-0.15, -0.1) is 0 Å². The quantitative estimate of drug-likeness (QED) is 0.533. The molecule has 0 bridgehead atoms. The Labute approximate surface area is 181 Å². The molecule has 2 amide bonds. The molecule has 1 aliphatic rings.